The van der Waals surface area contributed by atoms with E-state index < -0.39 is 10.8 Å². The number of rotatable bonds is 5. The van der Waals surface area contributed by atoms with E-state index in [0.29, 0.717) is 5.56 Å². The van der Waals surface area contributed by atoms with Crippen molar-refractivity contribution in [2.75, 3.05) is 0 Å². The average Bonchev–Trinajstić information content (AvgIpc) is 3.00. The van der Waals surface area contributed by atoms with Crippen molar-refractivity contribution in [3.05, 3.63) is 57.8 Å². The lowest BCUT2D eigenvalue weighted by molar-refractivity contribution is -0.384. The molecule has 122 valence electrons. The van der Waals surface area contributed by atoms with E-state index in [9.17, 15) is 14.9 Å². The molecular weight excluding hydrogens is 310 g/mol. The summed E-state index contributed by atoms with van der Waals surface area (Å²) < 4.78 is 5.54. The molecule has 0 fully saturated rings. The van der Waals surface area contributed by atoms with Crippen LogP contribution >= 0.6 is 0 Å². The maximum atomic E-state index is 11.9. The number of para-hydroxylation sites is 1. The SMILES string of the molecule is CC(C)NC(=O)/C(C#N)=C/c1ccc(-c2ccccc2[N+](=O)[O-])o1. The normalized spacial score (nSPS) is 11.2. The van der Waals surface area contributed by atoms with Crippen LogP contribution in [-0.4, -0.2) is 16.9 Å². The lowest BCUT2D eigenvalue weighted by atomic mass is 10.1. The second-order valence-electron chi connectivity index (χ2n) is 5.27. The molecule has 0 saturated carbocycles. The van der Waals surface area contributed by atoms with Crippen LogP contribution in [0.3, 0.4) is 0 Å². The molecule has 0 saturated heterocycles. The van der Waals surface area contributed by atoms with Crippen LogP contribution < -0.4 is 5.32 Å². The van der Waals surface area contributed by atoms with Crippen LogP contribution in [0.25, 0.3) is 17.4 Å². The minimum Gasteiger partial charge on any atom is -0.456 e. The zero-order chi connectivity index (χ0) is 17.7. The van der Waals surface area contributed by atoms with E-state index in [2.05, 4.69) is 5.32 Å². The number of nitrogens with one attached hydrogen (secondary N) is 1. The number of amides is 1. The molecule has 0 radical (unpaired) electrons. The van der Waals surface area contributed by atoms with E-state index in [1.54, 1.807) is 44.2 Å². The summed E-state index contributed by atoms with van der Waals surface area (Å²) in [5.41, 5.74) is 0.139. The molecule has 2 aromatic rings. The van der Waals surface area contributed by atoms with Crippen LogP contribution in [0.15, 0.2) is 46.4 Å². The van der Waals surface area contributed by atoms with Crippen molar-refractivity contribution in [2.24, 2.45) is 0 Å². The van der Waals surface area contributed by atoms with Gasteiger partial charge in [-0.3, -0.25) is 14.9 Å². The quantitative estimate of drug-likeness (QED) is 0.392. The summed E-state index contributed by atoms with van der Waals surface area (Å²) in [6, 6.07) is 11.0. The highest BCUT2D eigenvalue weighted by atomic mass is 16.6. The summed E-state index contributed by atoms with van der Waals surface area (Å²) in [6.45, 7) is 3.57. The van der Waals surface area contributed by atoms with Gasteiger partial charge in [-0.25, -0.2) is 0 Å². The minimum absolute atomic E-state index is 0.0829. The van der Waals surface area contributed by atoms with Gasteiger partial charge in [0.05, 0.1) is 10.5 Å². The second-order valence-corrected chi connectivity index (χ2v) is 5.27. The molecule has 7 nitrogen and oxygen atoms in total. The van der Waals surface area contributed by atoms with Crippen molar-refractivity contribution >= 4 is 17.7 Å². The van der Waals surface area contributed by atoms with Gasteiger partial charge in [-0.1, -0.05) is 12.1 Å². The Bertz CT molecular complexity index is 844. The predicted molar refractivity (Wildman–Crippen MR) is 87.7 cm³/mol. The first-order valence-electron chi connectivity index (χ1n) is 7.18. The Morgan fingerprint density at radius 1 is 1.33 bits per heavy atom. The highest BCUT2D eigenvalue weighted by Gasteiger charge is 2.17. The number of furan rings is 1. The lowest BCUT2D eigenvalue weighted by Crippen LogP contribution is -2.30. The van der Waals surface area contributed by atoms with E-state index in [1.165, 1.54) is 12.1 Å². The molecule has 0 aliphatic heterocycles. The van der Waals surface area contributed by atoms with Gasteiger partial charge in [0, 0.05) is 18.2 Å². The Morgan fingerprint density at radius 3 is 2.67 bits per heavy atom. The molecule has 0 aliphatic carbocycles. The van der Waals surface area contributed by atoms with Gasteiger partial charge in [-0.05, 0) is 32.0 Å². The molecule has 0 aliphatic rings. The smallest absolute Gasteiger partial charge is 0.280 e. The number of nitriles is 1. The Hall–Kier alpha value is -3.40. The van der Waals surface area contributed by atoms with Crippen molar-refractivity contribution in [3.63, 3.8) is 0 Å². The van der Waals surface area contributed by atoms with Crippen molar-refractivity contribution in [3.8, 4) is 17.4 Å². The minimum atomic E-state index is -0.504. The average molecular weight is 325 g/mol. The third-order valence-corrected chi connectivity index (χ3v) is 3.06. The molecule has 0 atom stereocenters. The lowest BCUT2D eigenvalue weighted by Gasteiger charge is -2.06. The second kappa shape index (κ2) is 7.24. The van der Waals surface area contributed by atoms with Crippen LogP contribution in [0, 0.1) is 21.4 Å². The van der Waals surface area contributed by atoms with E-state index in [1.807, 2.05) is 6.07 Å². The zero-order valence-corrected chi connectivity index (χ0v) is 13.1. The Morgan fingerprint density at radius 2 is 2.04 bits per heavy atom. The topological polar surface area (TPSA) is 109 Å². The monoisotopic (exact) mass is 325 g/mol. The fraction of sp³-hybridized carbons (Fsp3) is 0.176. The molecule has 1 heterocycles. The predicted octanol–water partition coefficient (Wildman–Crippen LogP) is 3.29. The maximum absolute atomic E-state index is 11.9. The largest absolute Gasteiger partial charge is 0.456 e. The molecule has 7 heteroatoms. The highest BCUT2D eigenvalue weighted by molar-refractivity contribution is 6.01. The van der Waals surface area contributed by atoms with Crippen LogP contribution in [0.2, 0.25) is 0 Å². The van der Waals surface area contributed by atoms with Crippen molar-refractivity contribution in [1.82, 2.24) is 5.32 Å². The van der Waals surface area contributed by atoms with E-state index in [0.717, 1.165) is 0 Å². The number of carbonyl (C=O) groups is 1. The Kier molecular flexibility index (Phi) is 5.12. The number of benzene rings is 1. The van der Waals surface area contributed by atoms with Crippen LogP contribution in [0.4, 0.5) is 5.69 Å². The van der Waals surface area contributed by atoms with Crippen molar-refractivity contribution < 1.29 is 14.1 Å². The van der Waals surface area contributed by atoms with Gasteiger partial charge in [-0.15, -0.1) is 0 Å². The van der Waals surface area contributed by atoms with Gasteiger partial charge < -0.3 is 9.73 Å². The van der Waals surface area contributed by atoms with E-state index >= 15 is 0 Å². The van der Waals surface area contributed by atoms with E-state index in [-0.39, 0.29) is 28.8 Å². The Labute approximate surface area is 138 Å². The van der Waals surface area contributed by atoms with Crippen molar-refractivity contribution in [2.45, 2.75) is 19.9 Å². The van der Waals surface area contributed by atoms with Crippen LogP contribution in [0.5, 0.6) is 0 Å². The first-order chi connectivity index (χ1) is 11.4. The summed E-state index contributed by atoms with van der Waals surface area (Å²) in [4.78, 5) is 22.5. The first kappa shape index (κ1) is 17.0. The summed E-state index contributed by atoms with van der Waals surface area (Å²) >= 11 is 0. The molecular formula is C17H15N3O4. The molecule has 24 heavy (non-hydrogen) atoms. The third kappa shape index (κ3) is 3.87. The summed E-state index contributed by atoms with van der Waals surface area (Å²) in [6.07, 6.45) is 1.30. The summed E-state index contributed by atoms with van der Waals surface area (Å²) in [7, 11) is 0. The number of nitro benzene ring substituents is 1. The summed E-state index contributed by atoms with van der Waals surface area (Å²) in [5, 5.41) is 22.8. The number of carbonyl (C=O) groups excluding carboxylic acids is 1. The molecule has 0 bridgehead atoms. The molecule has 2 rings (SSSR count). The van der Waals surface area contributed by atoms with Crippen molar-refractivity contribution in [1.29, 1.82) is 5.26 Å². The standard InChI is InChI=1S/C17H15N3O4/c1-11(2)19-17(21)12(10-18)9-13-7-8-16(24-13)14-5-3-4-6-15(14)20(22)23/h3-9,11H,1-2H3,(H,19,21)/b12-9+. The number of nitro groups is 1. The Balaban J connectivity index is 2.35. The first-order valence-corrected chi connectivity index (χ1v) is 7.18. The van der Waals surface area contributed by atoms with Gasteiger partial charge in [0.15, 0.2) is 0 Å². The van der Waals surface area contributed by atoms with E-state index in [4.69, 9.17) is 9.68 Å². The number of hydrogen-bond donors (Lipinski definition) is 1. The fourth-order valence-corrected chi connectivity index (χ4v) is 2.05. The zero-order valence-electron chi connectivity index (χ0n) is 13.1. The van der Waals surface area contributed by atoms with Crippen LogP contribution in [-0.2, 0) is 4.79 Å². The summed E-state index contributed by atoms with van der Waals surface area (Å²) in [5.74, 6) is 0.0462. The van der Waals surface area contributed by atoms with Gasteiger partial charge in [0.2, 0.25) is 0 Å². The van der Waals surface area contributed by atoms with Crippen LogP contribution in [0.1, 0.15) is 19.6 Å². The molecule has 0 unspecified atom stereocenters. The molecule has 1 aromatic carbocycles. The molecule has 0 spiro atoms. The van der Waals surface area contributed by atoms with Gasteiger partial charge in [-0.2, -0.15) is 5.26 Å². The third-order valence-electron chi connectivity index (χ3n) is 3.06. The number of nitrogens with zero attached hydrogens (tertiary/aromatic N) is 2. The van der Waals surface area contributed by atoms with Gasteiger partial charge in [0.1, 0.15) is 23.2 Å². The molecule has 1 N–H and O–H groups in total. The van der Waals surface area contributed by atoms with Gasteiger partial charge >= 0.3 is 0 Å². The fourth-order valence-electron chi connectivity index (χ4n) is 2.05. The van der Waals surface area contributed by atoms with Gasteiger partial charge in [0.25, 0.3) is 11.6 Å². The number of hydrogen-bond acceptors (Lipinski definition) is 5. The molecule has 1 aromatic heterocycles. The highest BCUT2D eigenvalue weighted by Crippen LogP contribution is 2.31. The molecule has 1 amide bonds. The maximum Gasteiger partial charge on any atom is 0.280 e.